The van der Waals surface area contributed by atoms with E-state index in [9.17, 15) is 0 Å². The minimum atomic E-state index is 0.653. The Morgan fingerprint density at radius 1 is 1.44 bits per heavy atom. The topological polar surface area (TPSA) is 12.4 Å². The highest BCUT2D eigenvalue weighted by Crippen LogP contribution is 2.22. The summed E-state index contributed by atoms with van der Waals surface area (Å²) >= 11 is 1.36. The van der Waals surface area contributed by atoms with Crippen LogP contribution in [0, 0.1) is 0 Å². The van der Waals surface area contributed by atoms with E-state index in [1.165, 1.54) is 11.8 Å². The molecular formula is C7H9NS. The van der Waals surface area contributed by atoms with Gasteiger partial charge in [-0.1, -0.05) is 37.6 Å². The van der Waals surface area contributed by atoms with Gasteiger partial charge < -0.3 is 0 Å². The second-order valence-electron chi connectivity index (χ2n) is 1.32. The third-order valence-electron chi connectivity index (χ3n) is 0.653. The number of hydrogen-bond acceptors (Lipinski definition) is 2. The van der Waals surface area contributed by atoms with Crippen LogP contribution in [0.5, 0.6) is 0 Å². The Kier molecular flexibility index (Phi) is 3.80. The predicted octanol–water partition coefficient (Wildman–Crippen LogP) is 2.59. The average Bonchev–Trinajstić information content (AvgIpc) is 1.87. The first-order valence-electron chi connectivity index (χ1n) is 2.35. The van der Waals surface area contributed by atoms with Crippen LogP contribution in [-0.4, -0.2) is 6.72 Å². The van der Waals surface area contributed by atoms with E-state index in [0.29, 0.717) is 5.03 Å². The molecule has 0 saturated heterocycles. The van der Waals surface area contributed by atoms with Gasteiger partial charge in [0.05, 0.1) is 5.03 Å². The number of allylic oxidation sites excluding steroid dienone is 1. The number of aliphatic imine (C=N–C) groups is 1. The van der Waals surface area contributed by atoms with E-state index in [2.05, 4.69) is 31.4 Å². The fraction of sp³-hybridized carbons (Fsp3) is 0. The van der Waals surface area contributed by atoms with Crippen molar-refractivity contribution in [2.45, 2.75) is 0 Å². The molecule has 0 aromatic rings. The molecule has 0 heterocycles. The van der Waals surface area contributed by atoms with E-state index >= 15 is 0 Å². The maximum absolute atomic E-state index is 3.66. The van der Waals surface area contributed by atoms with Crippen molar-refractivity contribution >= 4 is 18.5 Å². The zero-order valence-electron chi connectivity index (χ0n) is 5.26. The fourth-order valence-corrected chi connectivity index (χ4v) is 0.676. The Morgan fingerprint density at radius 2 is 2.00 bits per heavy atom. The van der Waals surface area contributed by atoms with E-state index in [1.54, 1.807) is 6.08 Å². The monoisotopic (exact) mass is 139 g/mol. The zero-order valence-corrected chi connectivity index (χ0v) is 6.08. The van der Waals surface area contributed by atoms with E-state index in [-0.39, 0.29) is 0 Å². The second-order valence-corrected chi connectivity index (χ2v) is 2.52. The van der Waals surface area contributed by atoms with Crippen molar-refractivity contribution in [3.63, 3.8) is 0 Å². The quantitative estimate of drug-likeness (QED) is 0.430. The zero-order chi connectivity index (χ0) is 7.28. The van der Waals surface area contributed by atoms with Gasteiger partial charge in [-0.05, 0) is 6.72 Å². The molecule has 0 fully saturated rings. The summed E-state index contributed by atoms with van der Waals surface area (Å²) in [6.45, 7) is 14.1. The van der Waals surface area contributed by atoms with E-state index in [0.717, 1.165) is 4.91 Å². The summed E-state index contributed by atoms with van der Waals surface area (Å²) in [5, 5.41) is 0.653. The Labute approximate surface area is 59.9 Å². The summed E-state index contributed by atoms with van der Waals surface area (Å²) < 4.78 is 0. The maximum atomic E-state index is 3.66. The van der Waals surface area contributed by atoms with E-state index in [1.807, 2.05) is 0 Å². The molecule has 0 aromatic carbocycles. The van der Waals surface area contributed by atoms with Gasteiger partial charge >= 0.3 is 0 Å². The highest BCUT2D eigenvalue weighted by molar-refractivity contribution is 8.06. The summed E-state index contributed by atoms with van der Waals surface area (Å²) in [6.07, 6.45) is 1.65. The molecule has 0 aliphatic heterocycles. The van der Waals surface area contributed by atoms with Crippen molar-refractivity contribution < 1.29 is 0 Å². The molecule has 0 rings (SSSR count). The maximum Gasteiger partial charge on any atom is 0.0928 e. The van der Waals surface area contributed by atoms with Crippen molar-refractivity contribution in [2.24, 2.45) is 4.99 Å². The predicted molar refractivity (Wildman–Crippen MR) is 45.6 cm³/mol. The van der Waals surface area contributed by atoms with Crippen LogP contribution >= 0.6 is 11.8 Å². The minimum Gasteiger partial charge on any atom is -0.258 e. The number of hydrogen-bond donors (Lipinski definition) is 0. The summed E-state index contributed by atoms with van der Waals surface area (Å²) in [6, 6.07) is 0. The smallest absolute Gasteiger partial charge is 0.0928 e. The molecule has 0 aliphatic carbocycles. The van der Waals surface area contributed by atoms with Crippen LogP contribution in [0.4, 0.5) is 0 Å². The third kappa shape index (κ3) is 3.79. The normalized spacial score (nSPS) is 8.00. The highest BCUT2D eigenvalue weighted by Gasteiger charge is 1.89. The fourth-order valence-electron chi connectivity index (χ4n) is 0.225. The molecule has 0 atom stereocenters. The van der Waals surface area contributed by atoms with Gasteiger partial charge in [0, 0.05) is 4.91 Å². The molecule has 2 heteroatoms. The Balaban J connectivity index is 3.73. The van der Waals surface area contributed by atoms with Gasteiger partial charge in [-0.2, -0.15) is 0 Å². The van der Waals surface area contributed by atoms with Crippen molar-refractivity contribution in [3.05, 3.63) is 35.7 Å². The molecule has 0 aromatic heterocycles. The molecule has 0 saturated carbocycles. The van der Waals surface area contributed by atoms with Crippen LogP contribution in [-0.2, 0) is 0 Å². The van der Waals surface area contributed by atoms with Crippen LogP contribution in [0.15, 0.2) is 40.7 Å². The average molecular weight is 139 g/mol. The van der Waals surface area contributed by atoms with Crippen molar-refractivity contribution in [1.82, 2.24) is 0 Å². The third-order valence-corrected chi connectivity index (χ3v) is 1.45. The van der Waals surface area contributed by atoms with Gasteiger partial charge in [-0.15, -0.1) is 0 Å². The van der Waals surface area contributed by atoms with Gasteiger partial charge in [0.1, 0.15) is 0 Å². The van der Waals surface area contributed by atoms with Crippen LogP contribution in [0.25, 0.3) is 0 Å². The molecule has 0 aliphatic rings. The first kappa shape index (κ1) is 8.24. The first-order chi connectivity index (χ1) is 4.20. The van der Waals surface area contributed by atoms with Crippen LogP contribution < -0.4 is 0 Å². The molecule has 0 radical (unpaired) electrons. The molecular weight excluding hydrogens is 130 g/mol. The summed E-state index contributed by atoms with van der Waals surface area (Å²) in [4.78, 5) is 4.43. The number of nitrogens with zero attached hydrogens (tertiary/aromatic N) is 1. The Morgan fingerprint density at radius 3 is 2.33 bits per heavy atom. The largest absolute Gasteiger partial charge is 0.258 e. The molecule has 1 nitrogen and oxygen atoms in total. The SMILES string of the molecule is C=CC(=C)SC(=C)N=C. The molecule has 9 heavy (non-hydrogen) atoms. The van der Waals surface area contributed by atoms with Gasteiger partial charge in [0.25, 0.3) is 0 Å². The summed E-state index contributed by atoms with van der Waals surface area (Å²) in [5.74, 6) is 0. The van der Waals surface area contributed by atoms with Gasteiger partial charge in [0.15, 0.2) is 0 Å². The Hall–Kier alpha value is -0.760. The molecule has 0 N–H and O–H groups in total. The standard InChI is InChI=1S/C7H9NS/c1-5-6(2)9-7(3)8-4/h5H,1-4H2. The lowest BCUT2D eigenvalue weighted by molar-refractivity contribution is 1.60. The lowest BCUT2D eigenvalue weighted by Crippen LogP contribution is -1.65. The van der Waals surface area contributed by atoms with Crippen LogP contribution in [0.1, 0.15) is 0 Å². The number of thioether (sulfide) groups is 1. The van der Waals surface area contributed by atoms with Crippen molar-refractivity contribution in [3.8, 4) is 0 Å². The van der Waals surface area contributed by atoms with E-state index in [4.69, 9.17) is 0 Å². The number of rotatable bonds is 4. The van der Waals surface area contributed by atoms with Crippen molar-refractivity contribution in [1.29, 1.82) is 0 Å². The van der Waals surface area contributed by atoms with E-state index < -0.39 is 0 Å². The van der Waals surface area contributed by atoms with Crippen LogP contribution in [0.3, 0.4) is 0 Å². The summed E-state index contributed by atoms with van der Waals surface area (Å²) in [5.41, 5.74) is 0. The molecule has 0 bridgehead atoms. The molecule has 0 spiro atoms. The second kappa shape index (κ2) is 4.15. The van der Waals surface area contributed by atoms with Crippen molar-refractivity contribution in [2.75, 3.05) is 0 Å². The summed E-state index contributed by atoms with van der Waals surface area (Å²) in [7, 11) is 0. The molecule has 0 unspecified atom stereocenters. The van der Waals surface area contributed by atoms with Gasteiger partial charge in [-0.25, -0.2) is 0 Å². The molecule has 0 amide bonds. The first-order valence-corrected chi connectivity index (χ1v) is 3.17. The lowest BCUT2D eigenvalue weighted by atomic mass is 10.6. The van der Waals surface area contributed by atoms with Crippen LogP contribution in [0.2, 0.25) is 0 Å². The van der Waals surface area contributed by atoms with Gasteiger partial charge in [-0.3, -0.25) is 4.99 Å². The highest BCUT2D eigenvalue weighted by atomic mass is 32.2. The lowest BCUT2D eigenvalue weighted by Gasteiger charge is -1.94. The minimum absolute atomic E-state index is 0.653. The Bertz CT molecular complexity index is 140. The molecule has 48 valence electrons. The van der Waals surface area contributed by atoms with Gasteiger partial charge in [0.2, 0.25) is 0 Å².